The minimum Gasteiger partial charge on any atom is -0.388 e. The van der Waals surface area contributed by atoms with Gasteiger partial charge in [0.1, 0.15) is 0 Å². The van der Waals surface area contributed by atoms with E-state index in [9.17, 15) is 5.11 Å². The fraction of sp³-hybridized carbons (Fsp3) is 0.429. The van der Waals surface area contributed by atoms with Gasteiger partial charge in [0, 0.05) is 3.57 Å². The number of hydrogen-bond donors (Lipinski definition) is 1. The van der Waals surface area contributed by atoms with E-state index in [-0.39, 0.29) is 0 Å². The third-order valence-corrected chi connectivity index (χ3v) is 4.29. The molecule has 0 radical (unpaired) electrons. The average molecular weight is 365 g/mol. The van der Waals surface area contributed by atoms with E-state index in [0.717, 1.165) is 41.2 Å². The lowest BCUT2D eigenvalue weighted by Gasteiger charge is -2.11. The highest BCUT2D eigenvalue weighted by atomic mass is 127. The molecule has 1 unspecified atom stereocenters. The molecule has 0 bridgehead atoms. The molecule has 1 nitrogen and oxygen atoms in total. The second-order valence-corrected chi connectivity index (χ2v) is 5.69. The van der Waals surface area contributed by atoms with Gasteiger partial charge in [-0.1, -0.05) is 36.6 Å². The van der Waals surface area contributed by atoms with Gasteiger partial charge in [-0.05, 0) is 59.5 Å². The first-order valence-electron chi connectivity index (χ1n) is 5.89. The van der Waals surface area contributed by atoms with Gasteiger partial charge >= 0.3 is 0 Å². The molecule has 0 saturated carbocycles. The molecular formula is C14H18ClIO. The Kier molecular flexibility index (Phi) is 7.16. The molecule has 0 aliphatic carbocycles. The van der Waals surface area contributed by atoms with Crippen molar-refractivity contribution in [3.63, 3.8) is 0 Å². The molecule has 3 heteroatoms. The van der Waals surface area contributed by atoms with Crippen LogP contribution in [0.4, 0.5) is 0 Å². The maximum absolute atomic E-state index is 10.0. The summed E-state index contributed by atoms with van der Waals surface area (Å²) in [5.74, 6) is 0. The smallest absolute Gasteiger partial charge is 0.0790 e. The number of aliphatic hydroxyl groups excluding tert-OH is 1. The first-order chi connectivity index (χ1) is 8.15. The topological polar surface area (TPSA) is 20.2 Å². The highest BCUT2D eigenvalue weighted by Gasteiger charge is 2.08. The molecule has 0 aromatic heterocycles. The number of allylic oxidation sites excluding steroid dienone is 1. The predicted molar refractivity (Wildman–Crippen MR) is 82.4 cm³/mol. The van der Waals surface area contributed by atoms with Crippen molar-refractivity contribution in [2.75, 3.05) is 0 Å². The first kappa shape index (κ1) is 15.0. The van der Waals surface area contributed by atoms with Gasteiger partial charge in [0.25, 0.3) is 0 Å². The third kappa shape index (κ3) is 5.40. The quantitative estimate of drug-likeness (QED) is 0.405. The Balaban J connectivity index is 2.38. The van der Waals surface area contributed by atoms with Gasteiger partial charge < -0.3 is 5.11 Å². The van der Waals surface area contributed by atoms with Crippen molar-refractivity contribution < 1.29 is 5.11 Å². The monoisotopic (exact) mass is 364 g/mol. The van der Waals surface area contributed by atoms with Gasteiger partial charge in [-0.2, -0.15) is 0 Å². The molecule has 1 rings (SSSR count). The van der Waals surface area contributed by atoms with Gasteiger partial charge in [-0.15, -0.1) is 6.58 Å². The number of benzene rings is 1. The number of halogens is 2. The van der Waals surface area contributed by atoms with Crippen molar-refractivity contribution in [3.05, 3.63) is 45.0 Å². The zero-order valence-electron chi connectivity index (χ0n) is 9.83. The molecule has 1 aromatic carbocycles. The van der Waals surface area contributed by atoms with E-state index in [4.69, 9.17) is 11.6 Å². The summed E-state index contributed by atoms with van der Waals surface area (Å²) in [5, 5.41) is 10.7. The van der Waals surface area contributed by atoms with E-state index < -0.39 is 6.10 Å². The van der Waals surface area contributed by atoms with Gasteiger partial charge in [-0.25, -0.2) is 0 Å². The molecule has 0 aliphatic rings. The lowest BCUT2D eigenvalue weighted by molar-refractivity contribution is 0.163. The lowest BCUT2D eigenvalue weighted by Crippen LogP contribution is -1.97. The van der Waals surface area contributed by atoms with Gasteiger partial charge in [0.05, 0.1) is 11.1 Å². The van der Waals surface area contributed by atoms with Crippen LogP contribution >= 0.6 is 34.2 Å². The summed E-state index contributed by atoms with van der Waals surface area (Å²) in [4.78, 5) is 0. The third-order valence-electron chi connectivity index (χ3n) is 2.71. The molecule has 0 saturated heterocycles. The zero-order valence-corrected chi connectivity index (χ0v) is 12.7. The van der Waals surface area contributed by atoms with E-state index in [2.05, 4.69) is 29.2 Å². The van der Waals surface area contributed by atoms with Crippen LogP contribution in [0.25, 0.3) is 0 Å². The van der Waals surface area contributed by atoms with Gasteiger partial charge in [-0.3, -0.25) is 0 Å². The molecule has 1 atom stereocenters. The van der Waals surface area contributed by atoms with Crippen molar-refractivity contribution in [1.29, 1.82) is 0 Å². The van der Waals surface area contributed by atoms with Gasteiger partial charge in [0.15, 0.2) is 0 Å². The number of rotatable bonds is 7. The predicted octanol–water partition coefficient (Wildman–Crippen LogP) is 5.11. The van der Waals surface area contributed by atoms with Crippen molar-refractivity contribution in [1.82, 2.24) is 0 Å². The first-order valence-corrected chi connectivity index (χ1v) is 7.34. The molecule has 1 N–H and O–H groups in total. The Hall–Kier alpha value is -0.0600. The minimum atomic E-state index is -0.395. The van der Waals surface area contributed by atoms with E-state index in [1.54, 1.807) is 0 Å². The Morgan fingerprint density at radius 1 is 1.35 bits per heavy atom. The van der Waals surface area contributed by atoms with E-state index in [1.807, 2.05) is 24.3 Å². The molecular weight excluding hydrogens is 347 g/mol. The van der Waals surface area contributed by atoms with Crippen LogP contribution < -0.4 is 0 Å². The Labute approximate surface area is 122 Å². The summed E-state index contributed by atoms with van der Waals surface area (Å²) in [7, 11) is 0. The maximum atomic E-state index is 10.0. The summed E-state index contributed by atoms with van der Waals surface area (Å²) in [5.41, 5.74) is 0.916. The summed E-state index contributed by atoms with van der Waals surface area (Å²) >= 11 is 8.22. The number of unbranched alkanes of at least 4 members (excludes halogenated alkanes) is 3. The molecule has 94 valence electrons. The van der Waals surface area contributed by atoms with Crippen LogP contribution in [-0.2, 0) is 0 Å². The van der Waals surface area contributed by atoms with E-state index >= 15 is 0 Å². The SMILES string of the molecule is C=CCCCCCC(O)c1ccc(I)c(Cl)c1. The Bertz CT molecular complexity index is 365. The molecule has 0 heterocycles. The summed E-state index contributed by atoms with van der Waals surface area (Å²) in [6, 6.07) is 5.75. The zero-order chi connectivity index (χ0) is 12.7. The summed E-state index contributed by atoms with van der Waals surface area (Å²) in [6.45, 7) is 3.69. The highest BCUT2D eigenvalue weighted by Crippen LogP contribution is 2.26. The lowest BCUT2D eigenvalue weighted by atomic mass is 10.0. The van der Waals surface area contributed by atoms with Crippen molar-refractivity contribution in [2.24, 2.45) is 0 Å². The van der Waals surface area contributed by atoms with Crippen LogP contribution in [0.15, 0.2) is 30.9 Å². The fourth-order valence-electron chi connectivity index (χ4n) is 1.69. The van der Waals surface area contributed by atoms with Crippen molar-refractivity contribution in [2.45, 2.75) is 38.2 Å². The summed E-state index contributed by atoms with van der Waals surface area (Å²) in [6.07, 6.45) is 6.74. The van der Waals surface area contributed by atoms with Crippen LogP contribution in [-0.4, -0.2) is 5.11 Å². The molecule has 0 spiro atoms. The fourth-order valence-corrected chi connectivity index (χ4v) is 2.21. The molecule has 0 aliphatic heterocycles. The van der Waals surface area contributed by atoms with Crippen LogP contribution in [0.5, 0.6) is 0 Å². The standard InChI is InChI=1S/C14H18ClIO/c1-2-3-4-5-6-7-14(17)11-8-9-13(16)12(15)10-11/h2,8-10,14,17H,1,3-7H2. The van der Waals surface area contributed by atoms with Gasteiger partial charge in [0.2, 0.25) is 0 Å². The van der Waals surface area contributed by atoms with Crippen LogP contribution in [0.1, 0.15) is 43.8 Å². The maximum Gasteiger partial charge on any atom is 0.0790 e. The highest BCUT2D eigenvalue weighted by molar-refractivity contribution is 14.1. The van der Waals surface area contributed by atoms with Crippen molar-refractivity contribution >= 4 is 34.2 Å². The Morgan fingerprint density at radius 2 is 2.12 bits per heavy atom. The number of hydrogen-bond acceptors (Lipinski definition) is 1. The molecule has 0 fully saturated rings. The average Bonchev–Trinajstić information content (AvgIpc) is 2.32. The van der Waals surface area contributed by atoms with Crippen LogP contribution in [0.3, 0.4) is 0 Å². The largest absolute Gasteiger partial charge is 0.388 e. The Morgan fingerprint density at radius 3 is 2.76 bits per heavy atom. The van der Waals surface area contributed by atoms with Crippen molar-refractivity contribution in [3.8, 4) is 0 Å². The second-order valence-electron chi connectivity index (χ2n) is 4.12. The minimum absolute atomic E-state index is 0.395. The van der Waals surface area contributed by atoms with Crippen LogP contribution in [0, 0.1) is 3.57 Å². The molecule has 1 aromatic rings. The second kappa shape index (κ2) is 8.11. The normalized spacial score (nSPS) is 12.4. The van der Waals surface area contributed by atoms with E-state index in [1.165, 1.54) is 0 Å². The molecule has 17 heavy (non-hydrogen) atoms. The number of aliphatic hydroxyl groups is 1. The molecule has 0 amide bonds. The van der Waals surface area contributed by atoms with Crippen LogP contribution in [0.2, 0.25) is 5.02 Å². The van der Waals surface area contributed by atoms with E-state index in [0.29, 0.717) is 5.02 Å². The summed E-state index contributed by atoms with van der Waals surface area (Å²) < 4.78 is 1.02.